The van der Waals surface area contributed by atoms with E-state index in [1.54, 1.807) is 56.4 Å². The van der Waals surface area contributed by atoms with Gasteiger partial charge in [0.05, 0.1) is 24.1 Å². The van der Waals surface area contributed by atoms with Crippen LogP contribution in [0.4, 0.5) is 5.69 Å². The maximum atomic E-state index is 12.4. The summed E-state index contributed by atoms with van der Waals surface area (Å²) in [6.07, 6.45) is 3.73. The largest absolute Gasteiger partial charge is 0.394 e. The van der Waals surface area contributed by atoms with Crippen LogP contribution in [0.25, 0.3) is 0 Å². The molecule has 0 spiro atoms. The molecule has 138 valence electrons. The van der Waals surface area contributed by atoms with Crippen molar-refractivity contribution >= 4 is 29.3 Å². The minimum atomic E-state index is -0.649. The number of hydrogen-bond acceptors (Lipinski definition) is 5. The van der Waals surface area contributed by atoms with Gasteiger partial charge in [-0.3, -0.25) is 9.59 Å². The van der Waals surface area contributed by atoms with E-state index in [9.17, 15) is 14.7 Å². The van der Waals surface area contributed by atoms with E-state index >= 15 is 0 Å². The highest BCUT2D eigenvalue weighted by Crippen LogP contribution is 2.19. The smallest absolute Gasteiger partial charge is 0.258 e. The van der Waals surface area contributed by atoms with Gasteiger partial charge in [-0.2, -0.15) is 0 Å². The molecule has 0 bridgehead atoms. The summed E-state index contributed by atoms with van der Waals surface area (Å²) in [4.78, 5) is 28.6. The Labute approximate surface area is 157 Å². The van der Waals surface area contributed by atoms with Gasteiger partial charge in [0.15, 0.2) is 0 Å². The Bertz CT molecular complexity index is 776. The van der Waals surface area contributed by atoms with Gasteiger partial charge in [-0.05, 0) is 49.9 Å². The highest BCUT2D eigenvalue weighted by atomic mass is 32.2. The monoisotopic (exact) mass is 373 g/mol. The maximum Gasteiger partial charge on any atom is 0.258 e. The standard InChI is InChI=1S/C19H23N3O3S/c1-19(2,12-23)22-16(24)11-13-6-8-14(9-7-13)21-17(25)15-5-4-10-20-18(15)26-3/h4-10,23H,11-12H2,1-3H3,(H,21,25)(H,22,24). The molecule has 0 unspecified atom stereocenters. The zero-order valence-electron chi connectivity index (χ0n) is 15.1. The number of carbonyl (C=O) groups excluding carboxylic acids is 2. The number of pyridine rings is 1. The second kappa shape index (κ2) is 8.82. The predicted molar refractivity (Wildman–Crippen MR) is 103 cm³/mol. The molecule has 2 rings (SSSR count). The normalized spacial score (nSPS) is 11.1. The van der Waals surface area contributed by atoms with E-state index in [0.717, 1.165) is 5.56 Å². The minimum absolute atomic E-state index is 0.129. The van der Waals surface area contributed by atoms with Crippen molar-refractivity contribution in [1.29, 1.82) is 0 Å². The first-order valence-corrected chi connectivity index (χ1v) is 9.38. The first kappa shape index (κ1) is 19.9. The van der Waals surface area contributed by atoms with Gasteiger partial charge in [0.25, 0.3) is 5.91 Å². The minimum Gasteiger partial charge on any atom is -0.394 e. The van der Waals surface area contributed by atoms with Crippen LogP contribution >= 0.6 is 11.8 Å². The van der Waals surface area contributed by atoms with Crippen molar-refractivity contribution in [3.05, 3.63) is 53.7 Å². The van der Waals surface area contributed by atoms with E-state index in [1.165, 1.54) is 11.8 Å². The summed E-state index contributed by atoms with van der Waals surface area (Å²) in [6.45, 7) is 3.38. The molecule has 26 heavy (non-hydrogen) atoms. The molecule has 0 saturated heterocycles. The summed E-state index contributed by atoms with van der Waals surface area (Å²) in [5.74, 6) is -0.390. The highest BCUT2D eigenvalue weighted by Gasteiger charge is 2.19. The van der Waals surface area contributed by atoms with Crippen LogP contribution < -0.4 is 10.6 Å². The topological polar surface area (TPSA) is 91.3 Å². The number of hydrogen-bond donors (Lipinski definition) is 3. The van der Waals surface area contributed by atoms with Gasteiger partial charge in [-0.1, -0.05) is 12.1 Å². The third-order valence-electron chi connectivity index (χ3n) is 3.66. The molecular formula is C19H23N3O3S. The van der Waals surface area contributed by atoms with Gasteiger partial charge in [-0.25, -0.2) is 4.98 Å². The Balaban J connectivity index is 1.99. The van der Waals surface area contributed by atoms with Gasteiger partial charge >= 0.3 is 0 Å². The Kier molecular flexibility index (Phi) is 6.76. The summed E-state index contributed by atoms with van der Waals surface area (Å²) in [5, 5.41) is 15.5. The van der Waals surface area contributed by atoms with Crippen molar-refractivity contribution in [2.24, 2.45) is 0 Å². The van der Waals surface area contributed by atoms with Gasteiger partial charge in [0.2, 0.25) is 5.91 Å². The van der Waals surface area contributed by atoms with Crippen molar-refractivity contribution in [3.63, 3.8) is 0 Å². The lowest BCUT2D eigenvalue weighted by molar-refractivity contribution is -0.122. The Morgan fingerprint density at radius 2 is 1.88 bits per heavy atom. The number of rotatable bonds is 7. The number of nitrogens with one attached hydrogen (secondary N) is 2. The van der Waals surface area contributed by atoms with Crippen molar-refractivity contribution in [2.45, 2.75) is 30.8 Å². The number of anilines is 1. The van der Waals surface area contributed by atoms with Crippen LogP contribution in [0.15, 0.2) is 47.6 Å². The fourth-order valence-corrected chi connectivity index (χ4v) is 2.82. The third kappa shape index (κ3) is 5.57. The molecule has 1 aromatic heterocycles. The fraction of sp³-hybridized carbons (Fsp3) is 0.316. The van der Waals surface area contributed by atoms with Gasteiger partial charge in [0.1, 0.15) is 5.03 Å². The average molecular weight is 373 g/mol. The molecule has 7 heteroatoms. The lowest BCUT2D eigenvalue weighted by atomic mass is 10.1. The molecule has 3 N–H and O–H groups in total. The van der Waals surface area contributed by atoms with E-state index in [1.807, 2.05) is 6.26 Å². The molecule has 2 amide bonds. The number of aliphatic hydroxyl groups is 1. The van der Waals surface area contributed by atoms with Crippen LogP contribution in [-0.4, -0.2) is 40.3 Å². The van der Waals surface area contributed by atoms with E-state index in [2.05, 4.69) is 15.6 Å². The van der Waals surface area contributed by atoms with Crippen molar-refractivity contribution < 1.29 is 14.7 Å². The van der Waals surface area contributed by atoms with Crippen LogP contribution in [0, 0.1) is 0 Å². The molecule has 0 aliphatic carbocycles. The van der Waals surface area contributed by atoms with E-state index in [4.69, 9.17) is 0 Å². The molecule has 0 saturated carbocycles. The Morgan fingerprint density at radius 1 is 1.19 bits per heavy atom. The van der Waals surface area contributed by atoms with Crippen molar-refractivity contribution in [2.75, 3.05) is 18.2 Å². The summed E-state index contributed by atoms with van der Waals surface area (Å²) < 4.78 is 0. The molecule has 1 heterocycles. The van der Waals surface area contributed by atoms with Crippen LogP contribution in [0.5, 0.6) is 0 Å². The molecule has 0 aliphatic heterocycles. The molecule has 2 aromatic rings. The molecule has 6 nitrogen and oxygen atoms in total. The number of thioether (sulfide) groups is 1. The molecule has 0 atom stereocenters. The number of amides is 2. The zero-order chi connectivity index (χ0) is 19.2. The number of benzene rings is 1. The first-order valence-electron chi connectivity index (χ1n) is 8.16. The van der Waals surface area contributed by atoms with E-state index in [0.29, 0.717) is 16.3 Å². The van der Waals surface area contributed by atoms with Crippen molar-refractivity contribution in [1.82, 2.24) is 10.3 Å². The number of nitrogens with zero attached hydrogens (tertiary/aromatic N) is 1. The number of aromatic nitrogens is 1. The third-order valence-corrected chi connectivity index (χ3v) is 4.37. The summed E-state index contributed by atoms with van der Waals surface area (Å²) in [6, 6.07) is 10.6. The molecule has 0 fully saturated rings. The first-order chi connectivity index (χ1) is 12.3. The van der Waals surface area contributed by atoms with Gasteiger partial charge in [-0.15, -0.1) is 11.8 Å². The van der Waals surface area contributed by atoms with Gasteiger partial charge < -0.3 is 15.7 Å². The molecule has 1 aromatic carbocycles. The maximum absolute atomic E-state index is 12.4. The average Bonchev–Trinajstić information content (AvgIpc) is 2.62. The summed E-state index contributed by atoms with van der Waals surface area (Å²) in [5.41, 5.74) is 1.34. The molecule has 0 aliphatic rings. The molecular weight excluding hydrogens is 350 g/mol. The fourth-order valence-electron chi connectivity index (χ4n) is 2.28. The van der Waals surface area contributed by atoms with Crippen molar-refractivity contribution in [3.8, 4) is 0 Å². The van der Waals surface area contributed by atoms with Crippen LogP contribution in [0.1, 0.15) is 29.8 Å². The lowest BCUT2D eigenvalue weighted by Gasteiger charge is -2.23. The summed E-state index contributed by atoms with van der Waals surface area (Å²) in [7, 11) is 0. The van der Waals surface area contributed by atoms with Gasteiger partial charge in [0, 0.05) is 11.9 Å². The van der Waals surface area contributed by atoms with Crippen LogP contribution in [-0.2, 0) is 11.2 Å². The Hall–Kier alpha value is -2.38. The summed E-state index contributed by atoms with van der Waals surface area (Å²) >= 11 is 1.42. The molecule has 0 radical (unpaired) electrons. The second-order valence-electron chi connectivity index (χ2n) is 6.48. The quantitative estimate of drug-likeness (QED) is 0.649. The highest BCUT2D eigenvalue weighted by molar-refractivity contribution is 7.98. The Morgan fingerprint density at radius 3 is 2.50 bits per heavy atom. The SMILES string of the molecule is CSc1ncccc1C(=O)Nc1ccc(CC(=O)NC(C)(C)CO)cc1. The lowest BCUT2D eigenvalue weighted by Crippen LogP contribution is -2.46. The zero-order valence-corrected chi connectivity index (χ0v) is 15.9. The predicted octanol–water partition coefficient (Wildman–Crippen LogP) is 2.49. The second-order valence-corrected chi connectivity index (χ2v) is 7.27. The van der Waals surface area contributed by atoms with E-state index < -0.39 is 5.54 Å². The number of carbonyl (C=O) groups is 2. The van der Waals surface area contributed by atoms with Crippen LogP contribution in [0.3, 0.4) is 0 Å². The van der Waals surface area contributed by atoms with E-state index in [-0.39, 0.29) is 24.8 Å². The number of aliphatic hydroxyl groups excluding tert-OH is 1. The van der Waals surface area contributed by atoms with Crippen LogP contribution in [0.2, 0.25) is 0 Å².